The van der Waals surface area contributed by atoms with Crippen LogP contribution >= 0.6 is 11.3 Å². The molecular weight excluding hydrogens is 378 g/mol. The maximum atomic E-state index is 12.5. The molecule has 29 heavy (non-hydrogen) atoms. The first-order valence-electron chi connectivity index (χ1n) is 10.4. The second kappa shape index (κ2) is 10.2. The van der Waals surface area contributed by atoms with Crippen molar-refractivity contribution in [3.05, 3.63) is 65.0 Å². The molecule has 1 amide bonds. The molecule has 0 saturated carbocycles. The Morgan fingerprint density at radius 3 is 2.31 bits per heavy atom. The summed E-state index contributed by atoms with van der Waals surface area (Å²) >= 11 is 1.66. The van der Waals surface area contributed by atoms with Gasteiger partial charge in [0.2, 0.25) is 0 Å². The molecule has 0 saturated heterocycles. The highest BCUT2D eigenvalue weighted by Gasteiger charge is 2.10. The lowest BCUT2D eigenvalue weighted by molar-refractivity contribution is 0.102. The number of rotatable bonds is 9. The van der Waals surface area contributed by atoms with E-state index in [2.05, 4.69) is 36.4 Å². The molecule has 0 atom stereocenters. The first kappa shape index (κ1) is 21.1. The van der Waals surface area contributed by atoms with Crippen molar-refractivity contribution in [2.45, 2.75) is 40.0 Å². The fourth-order valence-corrected chi connectivity index (χ4v) is 4.13. The van der Waals surface area contributed by atoms with E-state index in [-0.39, 0.29) is 5.91 Å². The number of benzene rings is 2. The molecule has 4 nitrogen and oxygen atoms in total. The molecule has 0 aliphatic rings. The van der Waals surface area contributed by atoms with E-state index in [1.165, 1.54) is 18.4 Å². The van der Waals surface area contributed by atoms with Gasteiger partial charge in [-0.25, -0.2) is 4.98 Å². The fraction of sp³-hybridized carbons (Fsp3) is 0.333. The van der Waals surface area contributed by atoms with Gasteiger partial charge in [-0.3, -0.25) is 4.79 Å². The average molecular weight is 408 g/mol. The molecule has 0 bridgehead atoms. The first-order valence-corrected chi connectivity index (χ1v) is 11.2. The minimum atomic E-state index is -0.0859. The Balaban J connectivity index is 1.63. The van der Waals surface area contributed by atoms with Gasteiger partial charge in [0.25, 0.3) is 5.91 Å². The van der Waals surface area contributed by atoms with Crippen molar-refractivity contribution in [3.8, 4) is 11.3 Å². The lowest BCUT2D eigenvalue weighted by atomic mass is 10.1. The van der Waals surface area contributed by atoms with Crippen molar-refractivity contribution in [3.63, 3.8) is 0 Å². The minimum Gasteiger partial charge on any atom is -0.349 e. The SMILES string of the molecule is CCCCc1ccc(C(=O)Nc2ccc(-c3csc(N(CC)CC)n3)cc2)cc1. The highest BCUT2D eigenvalue weighted by atomic mass is 32.1. The van der Waals surface area contributed by atoms with Gasteiger partial charge < -0.3 is 10.2 Å². The minimum absolute atomic E-state index is 0.0859. The van der Waals surface area contributed by atoms with Crippen LogP contribution in [0.1, 0.15) is 49.5 Å². The highest BCUT2D eigenvalue weighted by Crippen LogP contribution is 2.28. The second-order valence-electron chi connectivity index (χ2n) is 7.02. The number of anilines is 2. The molecule has 2 aromatic carbocycles. The van der Waals surface area contributed by atoms with Gasteiger partial charge in [0, 0.05) is 35.3 Å². The van der Waals surface area contributed by atoms with Gasteiger partial charge in [-0.2, -0.15) is 0 Å². The van der Waals surface area contributed by atoms with Gasteiger partial charge in [-0.05, 0) is 56.5 Å². The van der Waals surface area contributed by atoms with Gasteiger partial charge in [0.05, 0.1) is 5.69 Å². The molecule has 0 unspecified atom stereocenters. The second-order valence-corrected chi connectivity index (χ2v) is 7.86. The molecule has 1 aromatic heterocycles. The van der Waals surface area contributed by atoms with E-state index in [1.807, 2.05) is 48.5 Å². The van der Waals surface area contributed by atoms with E-state index < -0.39 is 0 Å². The number of nitrogens with one attached hydrogen (secondary N) is 1. The van der Waals surface area contributed by atoms with E-state index >= 15 is 0 Å². The third-order valence-electron chi connectivity index (χ3n) is 5.00. The predicted molar refractivity (Wildman–Crippen MR) is 124 cm³/mol. The van der Waals surface area contributed by atoms with Crippen LogP contribution in [-0.4, -0.2) is 24.0 Å². The van der Waals surface area contributed by atoms with Gasteiger partial charge in [-0.1, -0.05) is 37.6 Å². The summed E-state index contributed by atoms with van der Waals surface area (Å²) in [5.41, 5.74) is 4.76. The number of hydrogen-bond acceptors (Lipinski definition) is 4. The van der Waals surface area contributed by atoms with Crippen LogP contribution in [0.2, 0.25) is 0 Å². The normalized spacial score (nSPS) is 10.7. The summed E-state index contributed by atoms with van der Waals surface area (Å²) in [6, 6.07) is 15.8. The Kier molecular flexibility index (Phi) is 7.42. The lowest BCUT2D eigenvalue weighted by Gasteiger charge is -2.16. The number of aromatic nitrogens is 1. The third-order valence-corrected chi connectivity index (χ3v) is 5.90. The smallest absolute Gasteiger partial charge is 0.255 e. The summed E-state index contributed by atoms with van der Waals surface area (Å²) in [6.45, 7) is 8.37. The largest absolute Gasteiger partial charge is 0.349 e. The highest BCUT2D eigenvalue weighted by molar-refractivity contribution is 7.14. The van der Waals surface area contributed by atoms with Crippen molar-refractivity contribution in [1.29, 1.82) is 0 Å². The molecule has 1 heterocycles. The molecule has 1 N–H and O–H groups in total. The number of unbranched alkanes of at least 4 members (excludes halogenated alkanes) is 1. The number of aryl methyl sites for hydroxylation is 1. The van der Waals surface area contributed by atoms with E-state index in [0.717, 1.165) is 41.6 Å². The average Bonchev–Trinajstić information content (AvgIpc) is 3.24. The molecular formula is C24H29N3OS. The van der Waals surface area contributed by atoms with Gasteiger partial charge in [0.15, 0.2) is 5.13 Å². The van der Waals surface area contributed by atoms with Crippen LogP contribution in [0.25, 0.3) is 11.3 Å². The van der Waals surface area contributed by atoms with Crippen LogP contribution in [0.15, 0.2) is 53.9 Å². The Morgan fingerprint density at radius 1 is 1.00 bits per heavy atom. The summed E-state index contributed by atoms with van der Waals surface area (Å²) in [7, 11) is 0. The summed E-state index contributed by atoms with van der Waals surface area (Å²) in [4.78, 5) is 19.5. The van der Waals surface area contributed by atoms with Crippen molar-refractivity contribution in [2.24, 2.45) is 0 Å². The molecule has 0 fully saturated rings. The molecule has 0 aliphatic carbocycles. The number of hydrogen-bond donors (Lipinski definition) is 1. The summed E-state index contributed by atoms with van der Waals surface area (Å²) < 4.78 is 0. The Morgan fingerprint density at radius 2 is 1.69 bits per heavy atom. The van der Waals surface area contributed by atoms with Crippen molar-refractivity contribution >= 4 is 28.1 Å². The monoisotopic (exact) mass is 407 g/mol. The molecule has 0 aliphatic heterocycles. The van der Waals surface area contributed by atoms with Crippen LogP contribution in [-0.2, 0) is 6.42 Å². The standard InChI is InChI=1S/C24H29N3OS/c1-4-7-8-18-9-11-20(12-10-18)23(28)25-21-15-13-19(14-16-21)22-17-29-24(26-22)27(5-2)6-3/h9-17H,4-8H2,1-3H3,(H,25,28). The summed E-state index contributed by atoms with van der Waals surface area (Å²) in [5.74, 6) is -0.0859. The van der Waals surface area contributed by atoms with E-state index in [0.29, 0.717) is 5.56 Å². The third kappa shape index (κ3) is 5.45. The predicted octanol–water partition coefficient (Wildman–Crippen LogP) is 6.25. The maximum absolute atomic E-state index is 12.5. The number of thiazole rings is 1. The Hall–Kier alpha value is -2.66. The summed E-state index contributed by atoms with van der Waals surface area (Å²) in [5, 5.41) is 6.11. The van der Waals surface area contributed by atoms with Crippen LogP contribution in [0.4, 0.5) is 10.8 Å². The molecule has 0 radical (unpaired) electrons. The van der Waals surface area contributed by atoms with E-state index in [1.54, 1.807) is 11.3 Å². The maximum Gasteiger partial charge on any atom is 0.255 e. The molecule has 5 heteroatoms. The molecule has 3 aromatic rings. The van der Waals surface area contributed by atoms with Crippen LogP contribution in [0, 0.1) is 0 Å². The Bertz CT molecular complexity index is 912. The number of nitrogens with zero attached hydrogens (tertiary/aromatic N) is 2. The van der Waals surface area contributed by atoms with Crippen LogP contribution in [0.3, 0.4) is 0 Å². The first-order chi connectivity index (χ1) is 14.1. The van der Waals surface area contributed by atoms with Gasteiger partial charge in [-0.15, -0.1) is 11.3 Å². The lowest BCUT2D eigenvalue weighted by Crippen LogP contribution is -2.21. The topological polar surface area (TPSA) is 45.2 Å². The number of carbonyl (C=O) groups is 1. The van der Waals surface area contributed by atoms with E-state index in [4.69, 9.17) is 4.98 Å². The van der Waals surface area contributed by atoms with Gasteiger partial charge in [0.1, 0.15) is 0 Å². The van der Waals surface area contributed by atoms with Gasteiger partial charge >= 0.3 is 0 Å². The summed E-state index contributed by atoms with van der Waals surface area (Å²) in [6.07, 6.45) is 3.41. The molecule has 0 spiro atoms. The molecule has 152 valence electrons. The zero-order chi connectivity index (χ0) is 20.6. The quantitative estimate of drug-likeness (QED) is 0.456. The van der Waals surface area contributed by atoms with Crippen LogP contribution in [0.5, 0.6) is 0 Å². The van der Waals surface area contributed by atoms with Crippen LogP contribution < -0.4 is 10.2 Å². The van der Waals surface area contributed by atoms with Crippen molar-refractivity contribution in [1.82, 2.24) is 4.98 Å². The van der Waals surface area contributed by atoms with E-state index in [9.17, 15) is 4.79 Å². The zero-order valence-electron chi connectivity index (χ0n) is 17.4. The Labute approximate surface area is 177 Å². The zero-order valence-corrected chi connectivity index (χ0v) is 18.3. The molecule has 3 rings (SSSR count). The number of amides is 1. The fourth-order valence-electron chi connectivity index (χ4n) is 3.17. The van der Waals surface area contributed by atoms with Crippen molar-refractivity contribution < 1.29 is 4.79 Å². The number of carbonyl (C=O) groups excluding carboxylic acids is 1. The van der Waals surface area contributed by atoms with Crippen molar-refractivity contribution in [2.75, 3.05) is 23.3 Å².